The number of anilines is 1. The van der Waals surface area contributed by atoms with Crippen LogP contribution in [-0.2, 0) is 0 Å². The molecule has 2 heterocycles. The van der Waals surface area contributed by atoms with Gasteiger partial charge in [-0.25, -0.2) is 0 Å². The van der Waals surface area contributed by atoms with Gasteiger partial charge in [0, 0.05) is 26.3 Å². The van der Waals surface area contributed by atoms with Crippen LogP contribution < -0.4 is 10.2 Å². The van der Waals surface area contributed by atoms with Gasteiger partial charge in [-0.15, -0.1) is 0 Å². The highest BCUT2D eigenvalue weighted by Crippen LogP contribution is 2.28. The van der Waals surface area contributed by atoms with Crippen molar-refractivity contribution in [3.8, 4) is 0 Å². The van der Waals surface area contributed by atoms with Crippen LogP contribution in [-0.4, -0.2) is 31.2 Å². The van der Waals surface area contributed by atoms with Crippen molar-refractivity contribution >= 4 is 17.3 Å². The van der Waals surface area contributed by atoms with Gasteiger partial charge in [0.1, 0.15) is 0 Å². The summed E-state index contributed by atoms with van der Waals surface area (Å²) in [5, 5.41) is 4.01. The molecule has 0 spiro atoms. The molecule has 0 unspecified atom stereocenters. The predicted octanol–water partition coefficient (Wildman–Crippen LogP) is 1.45. The first kappa shape index (κ1) is 9.74. The SMILES string of the molecule is Cc1nccc(N(C)C2CNC2)c1Cl. The zero-order valence-corrected chi connectivity index (χ0v) is 9.17. The highest BCUT2D eigenvalue weighted by atomic mass is 35.5. The number of halogens is 1. The maximum Gasteiger partial charge on any atom is 0.0851 e. The van der Waals surface area contributed by atoms with Gasteiger partial charge in [-0.1, -0.05) is 11.6 Å². The summed E-state index contributed by atoms with van der Waals surface area (Å²) in [7, 11) is 2.08. The van der Waals surface area contributed by atoms with E-state index in [-0.39, 0.29) is 0 Å². The Hall–Kier alpha value is -0.800. The van der Waals surface area contributed by atoms with E-state index < -0.39 is 0 Å². The number of pyridine rings is 1. The monoisotopic (exact) mass is 211 g/mol. The van der Waals surface area contributed by atoms with Crippen LogP contribution in [0.1, 0.15) is 5.69 Å². The fourth-order valence-electron chi connectivity index (χ4n) is 1.55. The molecule has 1 aromatic rings. The van der Waals surface area contributed by atoms with Crippen molar-refractivity contribution in [2.45, 2.75) is 13.0 Å². The maximum atomic E-state index is 6.19. The standard InChI is InChI=1S/C10H14ClN3/c1-7-10(11)9(3-4-13-7)14(2)8-5-12-6-8/h3-4,8,12H,5-6H2,1-2H3. The number of rotatable bonds is 2. The van der Waals surface area contributed by atoms with Gasteiger partial charge >= 0.3 is 0 Å². The second kappa shape index (κ2) is 3.75. The second-order valence-corrected chi connectivity index (χ2v) is 4.03. The summed E-state index contributed by atoms with van der Waals surface area (Å²) in [5.41, 5.74) is 1.97. The molecule has 3 nitrogen and oxygen atoms in total. The Morgan fingerprint density at radius 3 is 2.86 bits per heavy atom. The summed E-state index contributed by atoms with van der Waals surface area (Å²) < 4.78 is 0. The number of hydrogen-bond donors (Lipinski definition) is 1. The van der Waals surface area contributed by atoms with E-state index in [1.54, 1.807) is 6.20 Å². The summed E-state index contributed by atoms with van der Waals surface area (Å²) in [4.78, 5) is 6.37. The Bertz CT molecular complexity index is 336. The highest BCUT2D eigenvalue weighted by Gasteiger charge is 2.23. The molecule has 1 N–H and O–H groups in total. The molecule has 1 aliphatic rings. The largest absolute Gasteiger partial charge is 0.368 e. The molecule has 0 atom stereocenters. The summed E-state index contributed by atoms with van der Waals surface area (Å²) in [6.45, 7) is 4.00. The molecule has 0 radical (unpaired) electrons. The lowest BCUT2D eigenvalue weighted by atomic mass is 10.1. The molecular weight excluding hydrogens is 198 g/mol. The third-order valence-corrected chi connectivity index (χ3v) is 3.20. The Kier molecular flexibility index (Phi) is 2.61. The molecule has 0 bridgehead atoms. The van der Waals surface area contributed by atoms with Crippen LogP contribution in [0.2, 0.25) is 5.02 Å². The van der Waals surface area contributed by atoms with Gasteiger partial charge in [0.25, 0.3) is 0 Å². The van der Waals surface area contributed by atoms with E-state index >= 15 is 0 Å². The van der Waals surface area contributed by atoms with Crippen molar-refractivity contribution in [1.29, 1.82) is 0 Å². The van der Waals surface area contributed by atoms with Crippen molar-refractivity contribution in [2.75, 3.05) is 25.0 Å². The summed E-state index contributed by atoms with van der Waals surface area (Å²) in [5.74, 6) is 0. The molecule has 1 saturated heterocycles. The van der Waals surface area contributed by atoms with Crippen molar-refractivity contribution in [2.24, 2.45) is 0 Å². The molecule has 0 amide bonds. The topological polar surface area (TPSA) is 28.2 Å². The lowest BCUT2D eigenvalue weighted by Gasteiger charge is -2.37. The Morgan fingerprint density at radius 2 is 2.29 bits per heavy atom. The van der Waals surface area contributed by atoms with Crippen molar-refractivity contribution in [1.82, 2.24) is 10.3 Å². The first-order valence-electron chi connectivity index (χ1n) is 4.75. The van der Waals surface area contributed by atoms with Crippen LogP contribution in [0, 0.1) is 6.92 Å². The first-order chi connectivity index (χ1) is 6.70. The summed E-state index contributed by atoms with van der Waals surface area (Å²) in [6, 6.07) is 2.53. The quantitative estimate of drug-likeness (QED) is 0.803. The summed E-state index contributed by atoms with van der Waals surface area (Å²) in [6.07, 6.45) is 1.80. The van der Waals surface area contributed by atoms with Crippen LogP contribution in [0.3, 0.4) is 0 Å². The van der Waals surface area contributed by atoms with Crippen LogP contribution in [0.25, 0.3) is 0 Å². The highest BCUT2D eigenvalue weighted by molar-refractivity contribution is 6.33. The van der Waals surface area contributed by atoms with Crippen LogP contribution in [0.15, 0.2) is 12.3 Å². The minimum absolute atomic E-state index is 0.564. The molecule has 1 aliphatic heterocycles. The Balaban J connectivity index is 2.26. The zero-order valence-electron chi connectivity index (χ0n) is 8.42. The molecular formula is C10H14ClN3. The maximum absolute atomic E-state index is 6.19. The fourth-order valence-corrected chi connectivity index (χ4v) is 1.80. The van der Waals surface area contributed by atoms with E-state index in [0.29, 0.717) is 6.04 Å². The van der Waals surface area contributed by atoms with E-state index in [9.17, 15) is 0 Å². The average Bonchev–Trinajstić information content (AvgIpc) is 2.06. The summed E-state index contributed by atoms with van der Waals surface area (Å²) >= 11 is 6.19. The smallest absolute Gasteiger partial charge is 0.0851 e. The van der Waals surface area contributed by atoms with Gasteiger partial charge in [-0.3, -0.25) is 4.98 Å². The van der Waals surface area contributed by atoms with Gasteiger partial charge < -0.3 is 10.2 Å². The molecule has 1 aromatic heterocycles. The molecule has 0 aliphatic carbocycles. The van der Waals surface area contributed by atoms with Crippen molar-refractivity contribution < 1.29 is 0 Å². The van der Waals surface area contributed by atoms with E-state index in [1.165, 1.54) is 0 Å². The number of nitrogens with one attached hydrogen (secondary N) is 1. The van der Waals surface area contributed by atoms with Gasteiger partial charge in [0.05, 0.1) is 22.4 Å². The van der Waals surface area contributed by atoms with E-state index in [4.69, 9.17) is 11.6 Å². The molecule has 0 aromatic carbocycles. The van der Waals surface area contributed by atoms with Crippen molar-refractivity contribution in [3.05, 3.63) is 23.0 Å². The van der Waals surface area contributed by atoms with Crippen LogP contribution in [0.5, 0.6) is 0 Å². The second-order valence-electron chi connectivity index (χ2n) is 3.65. The molecule has 0 saturated carbocycles. The Morgan fingerprint density at radius 1 is 1.57 bits per heavy atom. The van der Waals surface area contributed by atoms with Crippen LogP contribution in [0.4, 0.5) is 5.69 Å². The van der Waals surface area contributed by atoms with Crippen LogP contribution >= 0.6 is 11.6 Å². The third-order valence-electron chi connectivity index (χ3n) is 2.73. The minimum Gasteiger partial charge on any atom is -0.368 e. The molecule has 2 rings (SSSR count). The number of aromatic nitrogens is 1. The van der Waals surface area contributed by atoms with Gasteiger partial charge in [-0.2, -0.15) is 0 Å². The fraction of sp³-hybridized carbons (Fsp3) is 0.500. The number of likely N-dealkylation sites (N-methyl/N-ethyl adjacent to an activating group) is 1. The molecule has 4 heteroatoms. The minimum atomic E-state index is 0.564. The van der Waals surface area contributed by atoms with Gasteiger partial charge in [0.2, 0.25) is 0 Å². The van der Waals surface area contributed by atoms with Gasteiger partial charge in [-0.05, 0) is 13.0 Å². The molecule has 76 valence electrons. The zero-order chi connectivity index (χ0) is 10.1. The lowest BCUT2D eigenvalue weighted by Crippen LogP contribution is -2.56. The first-order valence-corrected chi connectivity index (χ1v) is 5.12. The van der Waals surface area contributed by atoms with E-state index in [1.807, 2.05) is 13.0 Å². The van der Waals surface area contributed by atoms with Gasteiger partial charge in [0.15, 0.2) is 0 Å². The third kappa shape index (κ3) is 1.57. The molecule has 14 heavy (non-hydrogen) atoms. The number of aryl methyl sites for hydroxylation is 1. The van der Waals surface area contributed by atoms with E-state index in [2.05, 4.69) is 22.2 Å². The average molecular weight is 212 g/mol. The molecule has 1 fully saturated rings. The number of hydrogen-bond acceptors (Lipinski definition) is 3. The lowest BCUT2D eigenvalue weighted by molar-refractivity contribution is 0.428. The van der Waals surface area contributed by atoms with Crippen molar-refractivity contribution in [3.63, 3.8) is 0 Å². The predicted molar refractivity (Wildman–Crippen MR) is 59.0 cm³/mol. The van der Waals surface area contributed by atoms with E-state index in [0.717, 1.165) is 29.5 Å². The number of nitrogens with zero attached hydrogens (tertiary/aromatic N) is 2. The Labute approximate surface area is 89.1 Å². The normalized spacial score (nSPS) is 16.5.